The molecule has 2 amide bonds. The van der Waals surface area contributed by atoms with Crippen molar-refractivity contribution in [3.63, 3.8) is 0 Å². The molecule has 0 spiro atoms. The van der Waals surface area contributed by atoms with Gasteiger partial charge in [0.25, 0.3) is 5.91 Å². The van der Waals surface area contributed by atoms with Crippen LogP contribution in [0.1, 0.15) is 21.7 Å². The maximum Gasteiger partial charge on any atom is 0.251 e. The molecule has 0 saturated carbocycles. The van der Waals surface area contributed by atoms with Crippen molar-refractivity contribution in [1.29, 1.82) is 0 Å². The number of furan rings is 1. The molecular formula is C16H19N3O4. The maximum atomic E-state index is 12.1. The van der Waals surface area contributed by atoms with Crippen LogP contribution in [-0.4, -0.2) is 29.6 Å². The third kappa shape index (κ3) is 4.94. The van der Waals surface area contributed by atoms with E-state index in [2.05, 4.69) is 10.6 Å². The van der Waals surface area contributed by atoms with Crippen molar-refractivity contribution in [2.45, 2.75) is 19.1 Å². The zero-order valence-corrected chi connectivity index (χ0v) is 12.5. The van der Waals surface area contributed by atoms with E-state index in [1.54, 1.807) is 42.7 Å². The van der Waals surface area contributed by atoms with Crippen LogP contribution in [0.5, 0.6) is 0 Å². The first-order valence-corrected chi connectivity index (χ1v) is 7.14. The summed E-state index contributed by atoms with van der Waals surface area (Å²) in [6, 6.07) is 9.46. The summed E-state index contributed by atoms with van der Waals surface area (Å²) < 4.78 is 5.15. The Bertz CT molecular complexity index is 655. The van der Waals surface area contributed by atoms with Gasteiger partial charge in [0.2, 0.25) is 5.91 Å². The van der Waals surface area contributed by atoms with Crippen LogP contribution in [0.2, 0.25) is 0 Å². The van der Waals surface area contributed by atoms with E-state index < -0.39 is 18.6 Å². The third-order valence-electron chi connectivity index (χ3n) is 3.19. The predicted octanol–water partition coefficient (Wildman–Crippen LogP) is 0.145. The quantitative estimate of drug-likeness (QED) is 0.579. The van der Waals surface area contributed by atoms with Gasteiger partial charge in [-0.1, -0.05) is 12.1 Å². The number of nitrogens with two attached hydrogens (primary N) is 1. The van der Waals surface area contributed by atoms with Crippen molar-refractivity contribution in [2.75, 3.05) is 6.61 Å². The predicted molar refractivity (Wildman–Crippen MR) is 83.2 cm³/mol. The van der Waals surface area contributed by atoms with Crippen molar-refractivity contribution in [1.82, 2.24) is 10.6 Å². The van der Waals surface area contributed by atoms with Gasteiger partial charge in [-0.05, 0) is 29.8 Å². The number of carbonyl (C=O) groups excluding carboxylic acids is 2. The normalized spacial score (nSPS) is 11.7. The van der Waals surface area contributed by atoms with E-state index in [-0.39, 0.29) is 12.5 Å². The van der Waals surface area contributed by atoms with Gasteiger partial charge in [-0.2, -0.15) is 0 Å². The van der Waals surface area contributed by atoms with Gasteiger partial charge in [-0.25, -0.2) is 0 Å². The van der Waals surface area contributed by atoms with E-state index in [0.717, 1.165) is 5.56 Å². The molecule has 5 N–H and O–H groups in total. The monoisotopic (exact) mass is 317 g/mol. The lowest BCUT2D eigenvalue weighted by Gasteiger charge is -2.10. The van der Waals surface area contributed by atoms with Crippen LogP contribution in [0, 0.1) is 0 Å². The number of hydrogen-bond donors (Lipinski definition) is 4. The average Bonchev–Trinajstić information content (AvgIpc) is 3.10. The second-order valence-corrected chi connectivity index (χ2v) is 4.97. The fourth-order valence-electron chi connectivity index (χ4n) is 1.91. The Hall–Kier alpha value is -2.64. The van der Waals surface area contributed by atoms with E-state index in [4.69, 9.17) is 15.3 Å². The topological polar surface area (TPSA) is 118 Å². The molecule has 0 saturated heterocycles. The molecule has 7 heteroatoms. The minimum Gasteiger partial charge on any atom is -0.467 e. The molecule has 0 aliphatic heterocycles. The fraction of sp³-hybridized carbons (Fsp3) is 0.250. The summed E-state index contributed by atoms with van der Waals surface area (Å²) in [6.45, 7) is 0.116. The number of carbonyl (C=O) groups is 2. The standard InChI is InChI=1S/C16H19N3O4/c17-14(10-20)16(22)18-8-11-3-1-4-12(7-11)15(21)19-9-13-5-2-6-23-13/h1-7,14,20H,8-10,17H2,(H,18,22)(H,19,21)/t14-/m1/s1. The highest BCUT2D eigenvalue weighted by Gasteiger charge is 2.12. The molecule has 1 heterocycles. The smallest absolute Gasteiger partial charge is 0.251 e. The van der Waals surface area contributed by atoms with Crippen LogP contribution in [0.15, 0.2) is 47.1 Å². The van der Waals surface area contributed by atoms with Gasteiger partial charge >= 0.3 is 0 Å². The van der Waals surface area contributed by atoms with Gasteiger partial charge in [0.1, 0.15) is 11.8 Å². The van der Waals surface area contributed by atoms with Crippen LogP contribution in [-0.2, 0) is 17.9 Å². The summed E-state index contributed by atoms with van der Waals surface area (Å²) in [6.07, 6.45) is 1.54. The van der Waals surface area contributed by atoms with E-state index >= 15 is 0 Å². The van der Waals surface area contributed by atoms with Gasteiger partial charge in [0.15, 0.2) is 0 Å². The highest BCUT2D eigenvalue weighted by Crippen LogP contribution is 2.06. The SMILES string of the molecule is N[C@H](CO)C(=O)NCc1cccc(C(=O)NCc2ccco2)c1. The van der Waals surface area contributed by atoms with Crippen molar-refractivity contribution >= 4 is 11.8 Å². The summed E-state index contributed by atoms with van der Waals surface area (Å²) in [5.41, 5.74) is 6.65. The molecule has 7 nitrogen and oxygen atoms in total. The van der Waals surface area contributed by atoms with Crippen LogP contribution < -0.4 is 16.4 Å². The molecule has 1 aromatic heterocycles. The Morgan fingerprint density at radius 1 is 1.17 bits per heavy atom. The number of rotatable bonds is 7. The highest BCUT2D eigenvalue weighted by atomic mass is 16.3. The molecule has 1 aromatic carbocycles. The Balaban J connectivity index is 1.90. The molecule has 0 fully saturated rings. The maximum absolute atomic E-state index is 12.1. The molecule has 0 bridgehead atoms. The number of benzene rings is 1. The second-order valence-electron chi connectivity index (χ2n) is 4.97. The molecule has 122 valence electrons. The van der Waals surface area contributed by atoms with Crippen LogP contribution >= 0.6 is 0 Å². The molecule has 2 rings (SSSR count). The van der Waals surface area contributed by atoms with Crippen molar-refractivity contribution < 1.29 is 19.1 Å². The number of amides is 2. The minimum absolute atomic E-state index is 0.228. The highest BCUT2D eigenvalue weighted by molar-refractivity contribution is 5.94. The molecule has 0 aliphatic rings. The molecule has 1 atom stereocenters. The lowest BCUT2D eigenvalue weighted by Crippen LogP contribution is -2.42. The van der Waals surface area contributed by atoms with Gasteiger partial charge in [-0.15, -0.1) is 0 Å². The first-order chi connectivity index (χ1) is 11.1. The van der Waals surface area contributed by atoms with E-state index in [9.17, 15) is 9.59 Å². The Labute approximate surface area is 133 Å². The lowest BCUT2D eigenvalue weighted by molar-refractivity contribution is -0.123. The number of nitrogens with one attached hydrogen (secondary N) is 2. The molecule has 2 aromatic rings. The summed E-state index contributed by atoms with van der Waals surface area (Å²) in [5, 5.41) is 14.2. The summed E-state index contributed by atoms with van der Waals surface area (Å²) in [7, 11) is 0. The summed E-state index contributed by atoms with van der Waals surface area (Å²) in [5.74, 6) is -0.0124. The molecular weight excluding hydrogens is 298 g/mol. The third-order valence-corrected chi connectivity index (χ3v) is 3.19. The molecule has 0 unspecified atom stereocenters. The van der Waals surface area contributed by atoms with Crippen molar-refractivity contribution in [3.05, 3.63) is 59.5 Å². The fourth-order valence-corrected chi connectivity index (χ4v) is 1.91. The average molecular weight is 317 g/mol. The Kier molecular flexibility index (Phi) is 5.90. The van der Waals surface area contributed by atoms with Crippen LogP contribution in [0.4, 0.5) is 0 Å². The number of hydrogen-bond acceptors (Lipinski definition) is 5. The zero-order chi connectivity index (χ0) is 16.7. The largest absolute Gasteiger partial charge is 0.467 e. The number of aliphatic hydroxyl groups is 1. The van der Waals surface area contributed by atoms with Crippen LogP contribution in [0.25, 0.3) is 0 Å². The Morgan fingerprint density at radius 2 is 2.00 bits per heavy atom. The van der Waals surface area contributed by atoms with Gasteiger partial charge in [0, 0.05) is 12.1 Å². The second kappa shape index (κ2) is 8.11. The van der Waals surface area contributed by atoms with E-state index in [1.807, 2.05) is 0 Å². The van der Waals surface area contributed by atoms with Gasteiger partial charge in [-0.3, -0.25) is 9.59 Å². The summed E-state index contributed by atoms with van der Waals surface area (Å²) in [4.78, 5) is 23.6. The first-order valence-electron chi connectivity index (χ1n) is 7.14. The lowest BCUT2D eigenvalue weighted by atomic mass is 10.1. The van der Waals surface area contributed by atoms with Crippen LogP contribution in [0.3, 0.4) is 0 Å². The first kappa shape index (κ1) is 16.7. The number of aliphatic hydroxyl groups excluding tert-OH is 1. The Morgan fingerprint density at radius 3 is 2.70 bits per heavy atom. The zero-order valence-electron chi connectivity index (χ0n) is 12.5. The van der Waals surface area contributed by atoms with Gasteiger partial charge in [0.05, 0.1) is 19.4 Å². The molecule has 0 aliphatic carbocycles. The minimum atomic E-state index is -0.949. The van der Waals surface area contributed by atoms with Gasteiger partial charge < -0.3 is 25.9 Å². The van der Waals surface area contributed by atoms with E-state index in [1.165, 1.54) is 0 Å². The summed E-state index contributed by atoms with van der Waals surface area (Å²) >= 11 is 0. The van der Waals surface area contributed by atoms with Crippen molar-refractivity contribution in [2.24, 2.45) is 5.73 Å². The molecule has 23 heavy (non-hydrogen) atoms. The van der Waals surface area contributed by atoms with Crippen molar-refractivity contribution in [3.8, 4) is 0 Å². The van der Waals surface area contributed by atoms with E-state index in [0.29, 0.717) is 17.9 Å². The molecule has 0 radical (unpaired) electrons.